The topological polar surface area (TPSA) is 85.8 Å². The van der Waals surface area contributed by atoms with Crippen molar-refractivity contribution in [2.75, 3.05) is 13.1 Å². The van der Waals surface area contributed by atoms with E-state index in [2.05, 4.69) is 0 Å². The zero-order chi connectivity index (χ0) is 17.3. The highest BCUT2D eigenvalue weighted by atomic mass is 16.5. The highest BCUT2D eigenvalue weighted by Gasteiger charge is 2.26. The van der Waals surface area contributed by atoms with Crippen LogP contribution in [0.15, 0.2) is 40.8 Å². The lowest BCUT2D eigenvalue weighted by Crippen LogP contribution is -2.48. The molecule has 0 radical (unpaired) electrons. The molecule has 0 bridgehead atoms. The van der Waals surface area contributed by atoms with Gasteiger partial charge < -0.3 is 19.8 Å². The number of carbonyl (C=O) groups excluding carboxylic acids is 2. The first-order valence-corrected chi connectivity index (χ1v) is 7.89. The maximum absolute atomic E-state index is 12.8. The molecule has 3 rings (SSSR count). The van der Waals surface area contributed by atoms with E-state index in [0.29, 0.717) is 24.4 Å². The molecule has 0 saturated carbocycles. The van der Waals surface area contributed by atoms with E-state index >= 15 is 0 Å². The average Bonchev–Trinajstić information content (AvgIpc) is 3.03. The van der Waals surface area contributed by atoms with Gasteiger partial charge in [0.25, 0.3) is 11.8 Å². The average molecular weight is 328 g/mol. The van der Waals surface area contributed by atoms with Crippen LogP contribution in [0.4, 0.5) is 0 Å². The van der Waals surface area contributed by atoms with Crippen LogP contribution in [0.2, 0.25) is 0 Å². The Morgan fingerprint density at radius 3 is 2.46 bits per heavy atom. The maximum Gasteiger partial charge on any atom is 0.284 e. The quantitative estimate of drug-likeness (QED) is 0.936. The molecule has 1 aliphatic heterocycles. The largest absolute Gasteiger partial charge is 0.451 e. The molecule has 2 heterocycles. The first kappa shape index (κ1) is 16.3. The predicted molar refractivity (Wildman–Crippen MR) is 88.6 cm³/mol. The molecule has 0 spiro atoms. The number of primary amides is 1. The van der Waals surface area contributed by atoms with Crippen LogP contribution >= 0.6 is 0 Å². The second kappa shape index (κ2) is 6.49. The van der Waals surface area contributed by atoms with E-state index in [1.54, 1.807) is 29.2 Å². The molecule has 1 fully saturated rings. The Bertz CT molecular complexity index is 758. The molecule has 1 saturated heterocycles. The van der Waals surface area contributed by atoms with Gasteiger partial charge in [-0.25, -0.2) is 0 Å². The van der Waals surface area contributed by atoms with Gasteiger partial charge in [-0.3, -0.25) is 9.59 Å². The van der Waals surface area contributed by atoms with Crippen molar-refractivity contribution in [1.29, 1.82) is 0 Å². The van der Waals surface area contributed by atoms with Crippen molar-refractivity contribution in [3.05, 3.63) is 47.7 Å². The van der Waals surface area contributed by atoms with Crippen LogP contribution in [0, 0.1) is 0 Å². The van der Waals surface area contributed by atoms with E-state index in [1.165, 1.54) is 6.07 Å². The summed E-state index contributed by atoms with van der Waals surface area (Å²) in [6.45, 7) is 5.06. The Morgan fingerprint density at radius 2 is 1.83 bits per heavy atom. The summed E-state index contributed by atoms with van der Waals surface area (Å²) in [7, 11) is 0. The number of amides is 2. The molecule has 0 aliphatic carbocycles. The lowest BCUT2D eigenvalue weighted by molar-refractivity contribution is -0.0586. The van der Waals surface area contributed by atoms with Crippen molar-refractivity contribution >= 4 is 11.8 Å². The first-order valence-electron chi connectivity index (χ1n) is 7.89. The molecular formula is C18H20N2O4. The fourth-order valence-electron chi connectivity index (χ4n) is 2.96. The molecule has 0 unspecified atom stereocenters. The number of hydrogen-bond acceptors (Lipinski definition) is 4. The van der Waals surface area contributed by atoms with E-state index in [9.17, 15) is 9.59 Å². The summed E-state index contributed by atoms with van der Waals surface area (Å²) in [5, 5.41) is 0. The van der Waals surface area contributed by atoms with Crippen LogP contribution in [0.5, 0.6) is 0 Å². The summed E-state index contributed by atoms with van der Waals surface area (Å²) >= 11 is 0. The predicted octanol–water partition coefficient (Wildman–Crippen LogP) is 2.29. The minimum absolute atomic E-state index is 0.0177. The Morgan fingerprint density at radius 1 is 1.12 bits per heavy atom. The Kier molecular flexibility index (Phi) is 4.40. The lowest BCUT2D eigenvalue weighted by Gasteiger charge is -2.35. The van der Waals surface area contributed by atoms with Gasteiger partial charge in [0.15, 0.2) is 5.76 Å². The van der Waals surface area contributed by atoms with Crippen molar-refractivity contribution in [3.63, 3.8) is 0 Å². The van der Waals surface area contributed by atoms with Gasteiger partial charge in [0.1, 0.15) is 5.76 Å². The SMILES string of the molecule is C[C@@H]1CN(C(=O)c2cccc(-c3ccc(C(N)=O)o3)c2)C[C@H](C)O1. The minimum Gasteiger partial charge on any atom is -0.451 e. The molecular weight excluding hydrogens is 308 g/mol. The molecule has 2 N–H and O–H groups in total. The van der Waals surface area contributed by atoms with Gasteiger partial charge in [-0.1, -0.05) is 12.1 Å². The summed E-state index contributed by atoms with van der Waals surface area (Å²) in [6, 6.07) is 10.3. The van der Waals surface area contributed by atoms with Crippen LogP contribution in [0.3, 0.4) is 0 Å². The zero-order valence-corrected chi connectivity index (χ0v) is 13.7. The van der Waals surface area contributed by atoms with E-state index in [4.69, 9.17) is 14.9 Å². The fraction of sp³-hybridized carbons (Fsp3) is 0.333. The van der Waals surface area contributed by atoms with Gasteiger partial charge in [-0.05, 0) is 38.1 Å². The van der Waals surface area contributed by atoms with Crippen LogP contribution < -0.4 is 5.73 Å². The standard InChI is InChI=1S/C18H20N2O4/c1-11-9-20(10-12(2)23-11)18(22)14-5-3-4-13(8-14)15-6-7-16(24-15)17(19)21/h3-8,11-12H,9-10H2,1-2H3,(H2,19,21)/t11-,12+. The van der Waals surface area contributed by atoms with Crippen LogP contribution in [-0.4, -0.2) is 42.0 Å². The Labute approximate surface area is 140 Å². The van der Waals surface area contributed by atoms with Crippen molar-refractivity contribution < 1.29 is 18.7 Å². The Hall–Kier alpha value is -2.60. The maximum atomic E-state index is 12.8. The molecule has 24 heavy (non-hydrogen) atoms. The molecule has 1 aliphatic rings. The van der Waals surface area contributed by atoms with E-state index in [-0.39, 0.29) is 23.9 Å². The number of morpholine rings is 1. The highest BCUT2D eigenvalue weighted by molar-refractivity contribution is 5.95. The minimum atomic E-state index is -0.621. The second-order valence-electron chi connectivity index (χ2n) is 6.08. The molecule has 1 aromatic heterocycles. The van der Waals surface area contributed by atoms with E-state index in [1.807, 2.05) is 19.9 Å². The van der Waals surface area contributed by atoms with Gasteiger partial charge >= 0.3 is 0 Å². The number of nitrogens with zero attached hydrogens (tertiary/aromatic N) is 1. The summed E-state index contributed by atoms with van der Waals surface area (Å²) in [5.41, 5.74) is 6.50. The van der Waals surface area contributed by atoms with Crippen molar-refractivity contribution in [3.8, 4) is 11.3 Å². The zero-order valence-electron chi connectivity index (χ0n) is 13.7. The monoisotopic (exact) mass is 328 g/mol. The van der Waals surface area contributed by atoms with Crippen LogP contribution in [0.1, 0.15) is 34.8 Å². The van der Waals surface area contributed by atoms with Gasteiger partial charge in [0, 0.05) is 24.2 Å². The van der Waals surface area contributed by atoms with Gasteiger partial charge in [-0.15, -0.1) is 0 Å². The summed E-state index contributed by atoms with van der Waals surface area (Å²) in [4.78, 5) is 25.7. The van der Waals surface area contributed by atoms with Gasteiger partial charge in [0.2, 0.25) is 0 Å². The number of nitrogens with two attached hydrogens (primary N) is 1. The molecule has 6 nitrogen and oxygen atoms in total. The van der Waals surface area contributed by atoms with Gasteiger partial charge in [-0.2, -0.15) is 0 Å². The molecule has 1 aromatic carbocycles. The van der Waals surface area contributed by atoms with Crippen molar-refractivity contribution in [1.82, 2.24) is 4.90 Å². The van der Waals surface area contributed by atoms with Crippen molar-refractivity contribution in [2.45, 2.75) is 26.1 Å². The number of furan rings is 1. The number of carbonyl (C=O) groups is 2. The van der Waals surface area contributed by atoms with Crippen molar-refractivity contribution in [2.24, 2.45) is 5.73 Å². The highest BCUT2D eigenvalue weighted by Crippen LogP contribution is 2.24. The number of benzene rings is 1. The van der Waals surface area contributed by atoms with E-state index in [0.717, 1.165) is 5.56 Å². The molecule has 126 valence electrons. The molecule has 2 atom stereocenters. The number of rotatable bonds is 3. The summed E-state index contributed by atoms with van der Waals surface area (Å²) in [6.07, 6.45) is 0.0353. The third-order valence-corrected chi connectivity index (χ3v) is 3.95. The third kappa shape index (κ3) is 3.33. The molecule has 6 heteroatoms. The lowest BCUT2D eigenvalue weighted by atomic mass is 10.1. The number of ether oxygens (including phenoxy) is 1. The summed E-state index contributed by atoms with van der Waals surface area (Å²) < 4.78 is 11.1. The molecule has 2 aromatic rings. The van der Waals surface area contributed by atoms with Crippen LogP contribution in [-0.2, 0) is 4.74 Å². The normalized spacial score (nSPS) is 20.8. The fourth-order valence-corrected chi connectivity index (χ4v) is 2.96. The van der Waals surface area contributed by atoms with Gasteiger partial charge in [0.05, 0.1) is 12.2 Å². The summed E-state index contributed by atoms with van der Waals surface area (Å²) in [5.74, 6) is -0.0648. The van der Waals surface area contributed by atoms with E-state index < -0.39 is 5.91 Å². The third-order valence-electron chi connectivity index (χ3n) is 3.95. The Balaban J connectivity index is 1.84. The van der Waals surface area contributed by atoms with Crippen LogP contribution in [0.25, 0.3) is 11.3 Å². The first-order chi connectivity index (χ1) is 11.4. The smallest absolute Gasteiger partial charge is 0.284 e. The molecule has 2 amide bonds. The second-order valence-corrected chi connectivity index (χ2v) is 6.08. The number of hydrogen-bond donors (Lipinski definition) is 1.